The smallest absolute Gasteiger partial charge is 0.409 e. The van der Waals surface area contributed by atoms with Crippen molar-refractivity contribution >= 4 is 12.1 Å². The van der Waals surface area contributed by atoms with Crippen LogP contribution in [-0.4, -0.2) is 41.8 Å². The fourth-order valence-corrected chi connectivity index (χ4v) is 1.51. The molecule has 1 unspecified atom stereocenters. The maximum Gasteiger partial charge on any atom is 0.409 e. The van der Waals surface area contributed by atoms with Crippen LogP contribution in [0, 0.1) is 5.41 Å². The molecule has 0 aliphatic carbocycles. The number of carbonyl (C=O) groups excluding carboxylic acids is 1. The maximum absolute atomic E-state index is 11.3. The Kier molecular flexibility index (Phi) is 2.98. The van der Waals surface area contributed by atoms with Crippen molar-refractivity contribution in [3.63, 3.8) is 0 Å². The third kappa shape index (κ3) is 1.97. The molecule has 5 heteroatoms. The van der Waals surface area contributed by atoms with Gasteiger partial charge in [0.15, 0.2) is 0 Å². The van der Waals surface area contributed by atoms with Crippen LogP contribution in [0.15, 0.2) is 0 Å². The van der Waals surface area contributed by atoms with E-state index in [0.717, 1.165) is 0 Å². The number of amides is 1. The molecule has 1 amide bonds. The van der Waals surface area contributed by atoms with Crippen LogP contribution in [0.25, 0.3) is 0 Å². The number of aliphatic carboxylic acids is 1. The van der Waals surface area contributed by atoms with Crippen LogP contribution in [0.2, 0.25) is 0 Å². The van der Waals surface area contributed by atoms with Gasteiger partial charge >= 0.3 is 12.1 Å². The molecule has 0 saturated carbocycles. The molecule has 1 aliphatic heterocycles. The first-order chi connectivity index (χ1) is 6.49. The molecule has 1 heterocycles. The van der Waals surface area contributed by atoms with Crippen molar-refractivity contribution in [2.75, 3.05) is 19.7 Å². The fraction of sp³-hybridized carbons (Fsp3) is 0.778. The molecule has 1 aliphatic rings. The minimum Gasteiger partial charge on any atom is -0.481 e. The van der Waals surface area contributed by atoms with E-state index in [1.165, 1.54) is 4.90 Å². The van der Waals surface area contributed by atoms with Crippen LogP contribution in [0.1, 0.15) is 20.3 Å². The zero-order valence-electron chi connectivity index (χ0n) is 8.45. The van der Waals surface area contributed by atoms with Gasteiger partial charge in [-0.2, -0.15) is 0 Å². The molecular weight excluding hydrogens is 186 g/mol. The number of hydrogen-bond acceptors (Lipinski definition) is 3. The Balaban J connectivity index is 2.56. The fourth-order valence-electron chi connectivity index (χ4n) is 1.51. The van der Waals surface area contributed by atoms with Gasteiger partial charge in [0.25, 0.3) is 0 Å². The molecule has 1 N–H and O–H groups in total. The molecule has 0 aromatic rings. The number of hydrogen-bond donors (Lipinski definition) is 1. The summed E-state index contributed by atoms with van der Waals surface area (Å²) in [4.78, 5) is 23.6. The number of rotatable bonds is 2. The average Bonchev–Trinajstić information content (AvgIpc) is 2.50. The van der Waals surface area contributed by atoms with Crippen molar-refractivity contribution < 1.29 is 19.4 Å². The Morgan fingerprint density at radius 1 is 1.57 bits per heavy atom. The van der Waals surface area contributed by atoms with Gasteiger partial charge in [-0.25, -0.2) is 4.79 Å². The van der Waals surface area contributed by atoms with Gasteiger partial charge < -0.3 is 14.7 Å². The largest absolute Gasteiger partial charge is 0.481 e. The van der Waals surface area contributed by atoms with E-state index in [0.29, 0.717) is 19.6 Å². The molecule has 14 heavy (non-hydrogen) atoms. The quantitative estimate of drug-likeness (QED) is 0.722. The molecule has 5 nitrogen and oxygen atoms in total. The van der Waals surface area contributed by atoms with Crippen LogP contribution >= 0.6 is 0 Å². The lowest BCUT2D eigenvalue weighted by Gasteiger charge is -2.19. The second kappa shape index (κ2) is 3.86. The summed E-state index contributed by atoms with van der Waals surface area (Å²) >= 11 is 0. The standard InChI is InChI=1S/C9H15NO4/c1-3-14-8(13)10-5-4-9(2,6-10)7(11)12/h3-6H2,1-2H3,(H,11,12). The average molecular weight is 201 g/mol. The van der Waals surface area contributed by atoms with Gasteiger partial charge in [-0.05, 0) is 20.3 Å². The Morgan fingerprint density at radius 3 is 2.64 bits per heavy atom. The molecule has 0 aromatic carbocycles. The summed E-state index contributed by atoms with van der Waals surface area (Å²) in [6.45, 7) is 4.39. The molecular formula is C9H15NO4. The van der Waals surface area contributed by atoms with Crippen molar-refractivity contribution in [1.29, 1.82) is 0 Å². The monoisotopic (exact) mass is 201 g/mol. The predicted molar refractivity (Wildman–Crippen MR) is 49.0 cm³/mol. The van der Waals surface area contributed by atoms with Gasteiger partial charge in [0.05, 0.1) is 12.0 Å². The van der Waals surface area contributed by atoms with Crippen LogP contribution in [-0.2, 0) is 9.53 Å². The Hall–Kier alpha value is -1.26. The molecule has 1 rings (SSSR count). The van der Waals surface area contributed by atoms with E-state index in [4.69, 9.17) is 9.84 Å². The minimum atomic E-state index is -0.857. The zero-order valence-corrected chi connectivity index (χ0v) is 8.45. The third-order valence-electron chi connectivity index (χ3n) is 2.52. The van der Waals surface area contributed by atoms with Crippen LogP contribution < -0.4 is 0 Å². The van der Waals surface area contributed by atoms with Gasteiger partial charge in [0, 0.05) is 13.1 Å². The third-order valence-corrected chi connectivity index (χ3v) is 2.52. The lowest BCUT2D eigenvalue weighted by Crippen LogP contribution is -2.35. The van der Waals surface area contributed by atoms with Crippen LogP contribution in [0.5, 0.6) is 0 Å². The van der Waals surface area contributed by atoms with Crippen molar-refractivity contribution in [3.05, 3.63) is 0 Å². The molecule has 0 aromatic heterocycles. The van der Waals surface area contributed by atoms with Gasteiger partial charge in [0.1, 0.15) is 0 Å². The summed E-state index contributed by atoms with van der Waals surface area (Å²) in [7, 11) is 0. The van der Waals surface area contributed by atoms with E-state index in [2.05, 4.69) is 0 Å². The number of carboxylic acid groups (broad SMARTS) is 1. The van der Waals surface area contributed by atoms with E-state index in [9.17, 15) is 9.59 Å². The second-order valence-corrected chi connectivity index (χ2v) is 3.74. The second-order valence-electron chi connectivity index (χ2n) is 3.74. The van der Waals surface area contributed by atoms with E-state index >= 15 is 0 Å². The lowest BCUT2D eigenvalue weighted by molar-refractivity contribution is -0.147. The van der Waals surface area contributed by atoms with E-state index in [1.807, 2.05) is 0 Å². The molecule has 0 spiro atoms. The topological polar surface area (TPSA) is 66.8 Å². The van der Waals surface area contributed by atoms with Crippen molar-refractivity contribution in [3.8, 4) is 0 Å². The molecule has 1 fully saturated rings. The summed E-state index contributed by atoms with van der Waals surface area (Å²) in [5, 5.41) is 8.92. The molecule has 0 bridgehead atoms. The van der Waals surface area contributed by atoms with Gasteiger partial charge in [-0.1, -0.05) is 0 Å². The summed E-state index contributed by atoms with van der Waals surface area (Å²) in [6, 6.07) is 0. The summed E-state index contributed by atoms with van der Waals surface area (Å²) in [6.07, 6.45) is 0.0682. The van der Waals surface area contributed by atoms with E-state index in [-0.39, 0.29) is 6.54 Å². The lowest BCUT2D eigenvalue weighted by atomic mass is 9.90. The van der Waals surface area contributed by atoms with E-state index in [1.54, 1.807) is 13.8 Å². The SMILES string of the molecule is CCOC(=O)N1CCC(C)(C(=O)O)C1. The predicted octanol–water partition coefficient (Wildman–Crippen LogP) is 0.940. The Morgan fingerprint density at radius 2 is 2.21 bits per heavy atom. The summed E-state index contributed by atoms with van der Waals surface area (Å²) < 4.78 is 4.79. The molecule has 0 radical (unpaired) electrons. The highest BCUT2D eigenvalue weighted by molar-refractivity contribution is 5.77. The van der Waals surface area contributed by atoms with Crippen molar-refractivity contribution in [1.82, 2.24) is 4.90 Å². The molecule has 1 saturated heterocycles. The zero-order chi connectivity index (χ0) is 10.8. The van der Waals surface area contributed by atoms with Gasteiger partial charge in [0.2, 0.25) is 0 Å². The van der Waals surface area contributed by atoms with Crippen molar-refractivity contribution in [2.24, 2.45) is 5.41 Å². The highest BCUT2D eigenvalue weighted by atomic mass is 16.6. The highest BCUT2D eigenvalue weighted by Gasteiger charge is 2.42. The summed E-state index contributed by atoms with van der Waals surface area (Å²) in [5.41, 5.74) is -0.813. The Labute approximate surface area is 82.6 Å². The van der Waals surface area contributed by atoms with Crippen LogP contribution in [0.3, 0.4) is 0 Å². The minimum absolute atomic E-state index is 0.237. The normalized spacial score (nSPS) is 26.3. The number of nitrogens with zero attached hydrogens (tertiary/aromatic N) is 1. The van der Waals surface area contributed by atoms with Gasteiger partial charge in [-0.3, -0.25) is 4.79 Å². The summed E-state index contributed by atoms with van der Waals surface area (Å²) in [5.74, 6) is -0.857. The number of carbonyl (C=O) groups is 2. The maximum atomic E-state index is 11.3. The first-order valence-corrected chi connectivity index (χ1v) is 4.64. The van der Waals surface area contributed by atoms with Crippen LogP contribution in [0.4, 0.5) is 4.79 Å². The Bertz CT molecular complexity index is 253. The first-order valence-electron chi connectivity index (χ1n) is 4.64. The van der Waals surface area contributed by atoms with Crippen molar-refractivity contribution in [2.45, 2.75) is 20.3 Å². The highest BCUT2D eigenvalue weighted by Crippen LogP contribution is 2.30. The number of ether oxygens (including phenoxy) is 1. The van der Waals surface area contributed by atoms with E-state index < -0.39 is 17.5 Å². The van der Waals surface area contributed by atoms with Gasteiger partial charge in [-0.15, -0.1) is 0 Å². The molecule has 80 valence electrons. The number of carboxylic acids is 1. The number of likely N-dealkylation sites (tertiary alicyclic amines) is 1. The first kappa shape index (κ1) is 10.8. The molecule has 1 atom stereocenters.